The van der Waals surface area contributed by atoms with Gasteiger partial charge in [-0.05, 0) is 11.1 Å². The minimum absolute atomic E-state index is 0.528. The van der Waals surface area contributed by atoms with E-state index in [1.54, 1.807) is 12.5 Å². The highest BCUT2D eigenvalue weighted by Crippen LogP contribution is 2.13. The zero-order valence-electron chi connectivity index (χ0n) is 8.72. The fraction of sp³-hybridized carbons (Fsp3) is 0.167. The largest absolute Gasteiger partial charge is 0.449 e. The molecule has 0 saturated carbocycles. The second-order valence-corrected chi connectivity index (χ2v) is 3.37. The Kier molecular flexibility index (Phi) is 3.33. The Balaban J connectivity index is 2.16. The molecule has 4 nitrogen and oxygen atoms in total. The Labute approximate surface area is 93.3 Å². The van der Waals surface area contributed by atoms with Gasteiger partial charge in [-0.25, -0.2) is 4.98 Å². The molecule has 2 aromatic rings. The van der Waals surface area contributed by atoms with Crippen molar-refractivity contribution in [2.24, 2.45) is 0 Å². The van der Waals surface area contributed by atoms with Gasteiger partial charge >= 0.3 is 0 Å². The number of benzene rings is 1. The number of nitrogens with one attached hydrogen (secondary N) is 1. The number of nitrogens with zero attached hydrogens (tertiary/aromatic N) is 1. The summed E-state index contributed by atoms with van der Waals surface area (Å²) in [5.41, 5.74) is 2.19. The van der Waals surface area contributed by atoms with Crippen molar-refractivity contribution in [2.45, 2.75) is 13.0 Å². The van der Waals surface area contributed by atoms with E-state index < -0.39 is 0 Å². The zero-order chi connectivity index (χ0) is 11.2. The standard InChI is InChI=1S/C12H12N2O2/c15-9-13-8-11-4-2-1-3-10(11)7-12-14-5-6-16-12/h1-6,9H,7-8H2,(H,13,15). The minimum Gasteiger partial charge on any atom is -0.449 e. The Hall–Kier alpha value is -2.10. The number of amides is 1. The average molecular weight is 216 g/mol. The van der Waals surface area contributed by atoms with E-state index in [1.807, 2.05) is 24.3 Å². The number of hydrogen-bond acceptors (Lipinski definition) is 3. The van der Waals surface area contributed by atoms with Crippen LogP contribution in [-0.4, -0.2) is 11.4 Å². The van der Waals surface area contributed by atoms with E-state index in [0.717, 1.165) is 11.1 Å². The highest BCUT2D eigenvalue weighted by molar-refractivity contribution is 5.46. The van der Waals surface area contributed by atoms with E-state index in [4.69, 9.17) is 4.42 Å². The summed E-state index contributed by atoms with van der Waals surface area (Å²) in [5.74, 6) is 0.679. The SMILES string of the molecule is O=CNCc1ccccc1Cc1ncco1. The fourth-order valence-electron chi connectivity index (χ4n) is 1.56. The van der Waals surface area contributed by atoms with Crippen molar-refractivity contribution in [2.75, 3.05) is 0 Å². The lowest BCUT2D eigenvalue weighted by Crippen LogP contribution is -2.11. The first-order chi connectivity index (χ1) is 7.90. The molecule has 0 radical (unpaired) electrons. The molecule has 4 heteroatoms. The van der Waals surface area contributed by atoms with Crippen molar-refractivity contribution < 1.29 is 9.21 Å². The van der Waals surface area contributed by atoms with Crippen LogP contribution in [-0.2, 0) is 17.8 Å². The number of aromatic nitrogens is 1. The maximum Gasteiger partial charge on any atom is 0.207 e. The third-order valence-electron chi connectivity index (χ3n) is 2.32. The summed E-state index contributed by atoms with van der Waals surface area (Å²) in [4.78, 5) is 14.3. The van der Waals surface area contributed by atoms with Crippen LogP contribution in [0.4, 0.5) is 0 Å². The van der Waals surface area contributed by atoms with E-state index in [2.05, 4.69) is 10.3 Å². The van der Waals surface area contributed by atoms with Crippen molar-refractivity contribution in [3.8, 4) is 0 Å². The van der Waals surface area contributed by atoms with Crippen LogP contribution in [0.5, 0.6) is 0 Å². The molecule has 0 aliphatic rings. The first kappa shape index (κ1) is 10.4. The summed E-state index contributed by atoms with van der Waals surface area (Å²) in [7, 11) is 0. The topological polar surface area (TPSA) is 55.1 Å². The Morgan fingerprint density at radius 3 is 2.81 bits per heavy atom. The van der Waals surface area contributed by atoms with Crippen LogP contribution in [0.2, 0.25) is 0 Å². The lowest BCUT2D eigenvalue weighted by molar-refractivity contribution is -0.109. The van der Waals surface area contributed by atoms with Gasteiger partial charge in [0.2, 0.25) is 6.41 Å². The summed E-state index contributed by atoms with van der Waals surface area (Å²) in [5, 5.41) is 2.65. The normalized spacial score (nSPS) is 10.0. The summed E-state index contributed by atoms with van der Waals surface area (Å²) in [6.07, 6.45) is 4.52. The molecule has 0 atom stereocenters. The molecular formula is C12H12N2O2. The van der Waals surface area contributed by atoms with Crippen LogP contribution in [0, 0.1) is 0 Å². The third-order valence-corrected chi connectivity index (χ3v) is 2.32. The minimum atomic E-state index is 0.528. The van der Waals surface area contributed by atoms with Crippen LogP contribution in [0.1, 0.15) is 17.0 Å². The van der Waals surface area contributed by atoms with E-state index in [1.165, 1.54) is 0 Å². The van der Waals surface area contributed by atoms with E-state index in [0.29, 0.717) is 25.3 Å². The highest BCUT2D eigenvalue weighted by Gasteiger charge is 2.05. The smallest absolute Gasteiger partial charge is 0.207 e. The molecule has 0 saturated heterocycles. The Morgan fingerprint density at radius 2 is 2.12 bits per heavy atom. The number of oxazole rings is 1. The molecule has 16 heavy (non-hydrogen) atoms. The predicted molar refractivity (Wildman–Crippen MR) is 58.7 cm³/mol. The zero-order valence-corrected chi connectivity index (χ0v) is 8.72. The van der Waals surface area contributed by atoms with Crippen molar-refractivity contribution in [1.29, 1.82) is 0 Å². The summed E-state index contributed by atoms with van der Waals surface area (Å²) in [6.45, 7) is 0.528. The van der Waals surface area contributed by atoms with Crippen LogP contribution >= 0.6 is 0 Å². The van der Waals surface area contributed by atoms with Crippen molar-refractivity contribution in [1.82, 2.24) is 10.3 Å². The fourth-order valence-corrected chi connectivity index (χ4v) is 1.56. The molecule has 0 aliphatic heterocycles. The molecule has 0 fully saturated rings. The second-order valence-electron chi connectivity index (χ2n) is 3.37. The maximum atomic E-state index is 10.3. The molecule has 0 aliphatic carbocycles. The molecule has 0 spiro atoms. The van der Waals surface area contributed by atoms with Gasteiger partial charge in [0.05, 0.1) is 6.20 Å². The van der Waals surface area contributed by atoms with Crippen molar-refractivity contribution in [3.63, 3.8) is 0 Å². The monoisotopic (exact) mass is 216 g/mol. The molecule has 1 heterocycles. The van der Waals surface area contributed by atoms with Crippen LogP contribution in [0.3, 0.4) is 0 Å². The van der Waals surface area contributed by atoms with Crippen molar-refractivity contribution >= 4 is 6.41 Å². The maximum absolute atomic E-state index is 10.3. The molecule has 1 N–H and O–H groups in total. The lowest BCUT2D eigenvalue weighted by atomic mass is 10.0. The molecule has 1 aromatic carbocycles. The Bertz CT molecular complexity index is 452. The number of carbonyl (C=O) groups is 1. The van der Waals surface area contributed by atoms with Gasteiger partial charge in [0, 0.05) is 13.0 Å². The average Bonchev–Trinajstić information content (AvgIpc) is 2.81. The molecule has 82 valence electrons. The quantitative estimate of drug-likeness (QED) is 0.771. The van der Waals surface area contributed by atoms with Gasteiger partial charge in [-0.2, -0.15) is 0 Å². The van der Waals surface area contributed by atoms with Crippen LogP contribution < -0.4 is 5.32 Å². The van der Waals surface area contributed by atoms with Gasteiger partial charge in [-0.1, -0.05) is 24.3 Å². The van der Waals surface area contributed by atoms with Crippen LogP contribution in [0.15, 0.2) is 41.1 Å². The molecular weight excluding hydrogens is 204 g/mol. The van der Waals surface area contributed by atoms with Gasteiger partial charge in [0.1, 0.15) is 6.26 Å². The van der Waals surface area contributed by atoms with E-state index in [9.17, 15) is 4.79 Å². The van der Waals surface area contributed by atoms with E-state index in [-0.39, 0.29) is 0 Å². The molecule has 1 amide bonds. The third kappa shape index (κ3) is 2.48. The molecule has 1 aromatic heterocycles. The summed E-state index contributed by atoms with van der Waals surface area (Å²) < 4.78 is 5.20. The van der Waals surface area contributed by atoms with Crippen LogP contribution in [0.25, 0.3) is 0 Å². The first-order valence-electron chi connectivity index (χ1n) is 5.02. The lowest BCUT2D eigenvalue weighted by Gasteiger charge is -2.06. The summed E-state index contributed by atoms with van der Waals surface area (Å²) in [6, 6.07) is 7.89. The van der Waals surface area contributed by atoms with Gasteiger partial charge < -0.3 is 9.73 Å². The van der Waals surface area contributed by atoms with Crippen molar-refractivity contribution in [3.05, 3.63) is 53.7 Å². The summed E-state index contributed by atoms with van der Waals surface area (Å²) >= 11 is 0. The molecule has 2 rings (SSSR count). The first-order valence-corrected chi connectivity index (χ1v) is 5.02. The highest BCUT2D eigenvalue weighted by atomic mass is 16.3. The Morgan fingerprint density at radius 1 is 1.31 bits per heavy atom. The van der Waals surface area contributed by atoms with Gasteiger partial charge in [-0.3, -0.25) is 4.79 Å². The van der Waals surface area contributed by atoms with Gasteiger partial charge in [0.25, 0.3) is 0 Å². The predicted octanol–water partition coefficient (Wildman–Crippen LogP) is 1.51. The number of hydrogen-bond donors (Lipinski definition) is 1. The van der Waals surface area contributed by atoms with Gasteiger partial charge in [0.15, 0.2) is 5.89 Å². The second kappa shape index (κ2) is 5.11. The molecule has 0 unspecified atom stereocenters. The van der Waals surface area contributed by atoms with E-state index >= 15 is 0 Å². The molecule has 0 bridgehead atoms. The number of carbonyl (C=O) groups excluding carboxylic acids is 1. The number of rotatable bonds is 5. The van der Waals surface area contributed by atoms with Gasteiger partial charge in [-0.15, -0.1) is 0 Å².